The molecule has 3 nitrogen and oxygen atoms in total. The Morgan fingerprint density at radius 3 is 2.63 bits per heavy atom. The van der Waals surface area contributed by atoms with Gasteiger partial charge in [0.2, 0.25) is 5.91 Å². The lowest BCUT2D eigenvalue weighted by molar-refractivity contribution is -0.125. The molecule has 1 aromatic rings. The molecule has 0 fully saturated rings. The summed E-state index contributed by atoms with van der Waals surface area (Å²) in [5, 5.41) is 3.12. The van der Waals surface area contributed by atoms with Crippen LogP contribution in [0.3, 0.4) is 0 Å². The highest BCUT2D eigenvalue weighted by Gasteiger charge is 2.36. The van der Waals surface area contributed by atoms with Crippen molar-refractivity contribution in [2.24, 2.45) is 11.7 Å². The van der Waals surface area contributed by atoms with Gasteiger partial charge in [-0.15, -0.1) is 12.4 Å². The minimum absolute atomic E-state index is 0. The van der Waals surface area contributed by atoms with Crippen molar-refractivity contribution in [1.82, 2.24) is 5.32 Å². The molecule has 0 spiro atoms. The lowest BCUT2D eigenvalue weighted by atomic mass is 9.76. The average molecular weight is 283 g/mol. The quantitative estimate of drug-likeness (QED) is 0.890. The fourth-order valence-corrected chi connectivity index (χ4v) is 2.29. The first kappa shape index (κ1) is 16.0. The molecule has 2 unspecified atom stereocenters. The number of hydrogen-bond donors (Lipinski definition) is 2. The van der Waals surface area contributed by atoms with E-state index in [2.05, 4.69) is 25.2 Å². The molecule has 1 aliphatic carbocycles. The fraction of sp³-hybridized carbons (Fsp3) is 0.533. The predicted octanol–water partition coefficient (Wildman–Crippen LogP) is 2.24. The maximum Gasteiger partial charge on any atom is 0.228 e. The summed E-state index contributed by atoms with van der Waals surface area (Å²) in [5.41, 5.74) is 7.93. The van der Waals surface area contributed by atoms with Gasteiger partial charge in [0, 0.05) is 6.54 Å². The number of carbonyl (C=O) groups excluding carboxylic acids is 1. The summed E-state index contributed by atoms with van der Waals surface area (Å²) in [6.07, 6.45) is 0.848. The summed E-state index contributed by atoms with van der Waals surface area (Å²) >= 11 is 0. The first-order valence-corrected chi connectivity index (χ1v) is 6.58. The van der Waals surface area contributed by atoms with Crippen molar-refractivity contribution < 1.29 is 4.79 Å². The van der Waals surface area contributed by atoms with Crippen molar-refractivity contribution in [3.63, 3.8) is 0 Å². The molecule has 2 rings (SSSR count). The van der Waals surface area contributed by atoms with E-state index in [1.165, 1.54) is 5.56 Å². The Bertz CT molecular complexity index is 461. The first-order valence-electron chi connectivity index (χ1n) is 6.58. The molecule has 1 amide bonds. The Kier molecular flexibility index (Phi) is 4.99. The summed E-state index contributed by atoms with van der Waals surface area (Å²) in [7, 11) is 0. The van der Waals surface area contributed by atoms with Crippen molar-refractivity contribution in [3.05, 3.63) is 35.4 Å². The molecular formula is C15H23ClN2O. The van der Waals surface area contributed by atoms with Gasteiger partial charge in [-0.05, 0) is 30.4 Å². The zero-order valence-corrected chi connectivity index (χ0v) is 12.6. The highest BCUT2D eigenvalue weighted by Crippen LogP contribution is 2.35. The minimum Gasteiger partial charge on any atom is -0.349 e. The number of nitrogens with two attached hydrogens (primary N) is 1. The van der Waals surface area contributed by atoms with Gasteiger partial charge in [-0.1, -0.05) is 38.1 Å². The molecule has 0 saturated carbocycles. The zero-order chi connectivity index (χ0) is 13.3. The second-order valence-electron chi connectivity index (χ2n) is 5.72. The maximum atomic E-state index is 12.3. The monoisotopic (exact) mass is 282 g/mol. The number of halogens is 1. The molecule has 0 bridgehead atoms. The molecule has 0 radical (unpaired) electrons. The maximum absolute atomic E-state index is 12.3. The van der Waals surface area contributed by atoms with Crippen LogP contribution in [0, 0.1) is 5.92 Å². The number of nitrogens with one attached hydrogen (secondary N) is 1. The molecule has 0 saturated heterocycles. The Morgan fingerprint density at radius 1 is 1.47 bits per heavy atom. The highest BCUT2D eigenvalue weighted by molar-refractivity contribution is 5.87. The van der Waals surface area contributed by atoms with E-state index >= 15 is 0 Å². The van der Waals surface area contributed by atoms with Crippen LogP contribution >= 0.6 is 12.4 Å². The Balaban J connectivity index is 0.00000180. The van der Waals surface area contributed by atoms with Crippen molar-refractivity contribution in [1.29, 1.82) is 0 Å². The second kappa shape index (κ2) is 5.93. The summed E-state index contributed by atoms with van der Waals surface area (Å²) < 4.78 is 0. The molecule has 1 aliphatic rings. The van der Waals surface area contributed by atoms with Crippen LogP contribution in [-0.2, 0) is 11.2 Å². The van der Waals surface area contributed by atoms with Crippen LogP contribution < -0.4 is 11.1 Å². The van der Waals surface area contributed by atoms with Crippen molar-refractivity contribution in [2.75, 3.05) is 6.54 Å². The van der Waals surface area contributed by atoms with Crippen LogP contribution in [0.15, 0.2) is 24.3 Å². The number of benzene rings is 1. The van der Waals surface area contributed by atoms with Crippen molar-refractivity contribution in [2.45, 2.75) is 38.6 Å². The molecule has 106 valence electrons. The van der Waals surface area contributed by atoms with Gasteiger partial charge in [0.05, 0.1) is 11.5 Å². The number of fused-ring (bicyclic) bond motifs is 1. The SMILES string of the molecule is CC(C)C(C)(CN)NC(=O)C1Cc2ccccc21.Cl. The van der Waals surface area contributed by atoms with Gasteiger partial charge in [0.15, 0.2) is 0 Å². The molecular weight excluding hydrogens is 260 g/mol. The van der Waals surface area contributed by atoms with Crippen LogP contribution in [0.5, 0.6) is 0 Å². The summed E-state index contributed by atoms with van der Waals surface area (Å²) in [6.45, 7) is 6.65. The number of rotatable bonds is 4. The lowest BCUT2D eigenvalue weighted by Crippen LogP contribution is -2.56. The predicted molar refractivity (Wildman–Crippen MR) is 80.6 cm³/mol. The normalized spacial score (nSPS) is 19.7. The van der Waals surface area contributed by atoms with Gasteiger partial charge in [-0.25, -0.2) is 0 Å². The molecule has 3 N–H and O–H groups in total. The Morgan fingerprint density at radius 2 is 2.11 bits per heavy atom. The molecule has 0 aromatic heterocycles. The molecule has 0 heterocycles. The van der Waals surface area contributed by atoms with Gasteiger partial charge in [-0.2, -0.15) is 0 Å². The first-order chi connectivity index (χ1) is 8.48. The zero-order valence-electron chi connectivity index (χ0n) is 11.8. The van der Waals surface area contributed by atoms with E-state index in [-0.39, 0.29) is 29.8 Å². The van der Waals surface area contributed by atoms with E-state index in [9.17, 15) is 4.79 Å². The van der Waals surface area contributed by atoms with Crippen molar-refractivity contribution in [3.8, 4) is 0 Å². The van der Waals surface area contributed by atoms with E-state index < -0.39 is 0 Å². The molecule has 1 aromatic carbocycles. The average Bonchev–Trinajstić information content (AvgIpc) is 2.30. The number of hydrogen-bond acceptors (Lipinski definition) is 2. The number of amides is 1. The molecule has 4 heteroatoms. The van der Waals surface area contributed by atoms with Gasteiger partial charge < -0.3 is 11.1 Å². The van der Waals surface area contributed by atoms with Crippen LogP contribution in [0.4, 0.5) is 0 Å². The lowest BCUT2D eigenvalue weighted by Gasteiger charge is -2.37. The van der Waals surface area contributed by atoms with E-state index in [4.69, 9.17) is 5.73 Å². The Labute approximate surface area is 121 Å². The second-order valence-corrected chi connectivity index (χ2v) is 5.72. The topological polar surface area (TPSA) is 55.1 Å². The molecule has 0 aliphatic heterocycles. The van der Waals surface area contributed by atoms with Gasteiger partial charge in [0.25, 0.3) is 0 Å². The highest BCUT2D eigenvalue weighted by atomic mass is 35.5. The third kappa shape index (κ3) is 2.93. The van der Waals surface area contributed by atoms with E-state index in [1.54, 1.807) is 0 Å². The van der Waals surface area contributed by atoms with Crippen LogP contribution in [0.1, 0.15) is 37.8 Å². The fourth-order valence-electron chi connectivity index (χ4n) is 2.29. The molecule has 2 atom stereocenters. The summed E-state index contributed by atoms with van der Waals surface area (Å²) in [4.78, 5) is 12.3. The van der Waals surface area contributed by atoms with E-state index in [0.717, 1.165) is 12.0 Å². The van der Waals surface area contributed by atoms with Gasteiger partial charge in [-0.3, -0.25) is 4.79 Å². The standard InChI is InChI=1S/C15H22N2O.ClH/c1-10(2)15(3,9-16)17-14(18)13-8-11-6-4-5-7-12(11)13;/h4-7,10,13H,8-9,16H2,1-3H3,(H,17,18);1H. The van der Waals surface area contributed by atoms with Gasteiger partial charge in [0.1, 0.15) is 0 Å². The Hall–Kier alpha value is -1.06. The summed E-state index contributed by atoms with van der Waals surface area (Å²) in [6, 6.07) is 8.13. The smallest absolute Gasteiger partial charge is 0.228 e. The van der Waals surface area contributed by atoms with Crippen LogP contribution in [-0.4, -0.2) is 18.0 Å². The largest absolute Gasteiger partial charge is 0.349 e. The minimum atomic E-state index is -0.318. The third-order valence-corrected chi connectivity index (χ3v) is 4.28. The molecule has 19 heavy (non-hydrogen) atoms. The third-order valence-electron chi connectivity index (χ3n) is 4.28. The number of carbonyl (C=O) groups is 1. The van der Waals surface area contributed by atoms with Crippen LogP contribution in [0.25, 0.3) is 0 Å². The van der Waals surface area contributed by atoms with Crippen LogP contribution in [0.2, 0.25) is 0 Å². The van der Waals surface area contributed by atoms with Gasteiger partial charge >= 0.3 is 0 Å². The summed E-state index contributed by atoms with van der Waals surface area (Å²) in [5.74, 6) is 0.433. The van der Waals surface area contributed by atoms with E-state index in [0.29, 0.717) is 12.5 Å². The van der Waals surface area contributed by atoms with E-state index in [1.807, 2.05) is 25.1 Å². The van der Waals surface area contributed by atoms with Crippen molar-refractivity contribution >= 4 is 18.3 Å².